The molecule has 0 aliphatic carbocycles. The number of piperidine rings is 1. The number of halogens is 1. The van der Waals surface area contributed by atoms with Crippen LogP contribution in [0.5, 0.6) is 0 Å². The Bertz CT molecular complexity index is 1170. The van der Waals surface area contributed by atoms with Gasteiger partial charge >= 0.3 is 5.97 Å². The SMILES string of the molecule is O=C(OCc1csc(Nc2ccccc2)n1)C1CCCN(S(=O)(=O)c2ccc(F)cc2)C1. The number of nitrogens with one attached hydrogen (secondary N) is 1. The summed E-state index contributed by atoms with van der Waals surface area (Å²) in [6.07, 6.45) is 1.09. The number of hydrogen-bond acceptors (Lipinski definition) is 7. The van der Waals surface area contributed by atoms with Crippen LogP contribution in [0.1, 0.15) is 18.5 Å². The summed E-state index contributed by atoms with van der Waals surface area (Å²) in [5.41, 5.74) is 1.53. The van der Waals surface area contributed by atoms with Gasteiger partial charge in [0.15, 0.2) is 5.13 Å². The van der Waals surface area contributed by atoms with E-state index in [1.807, 2.05) is 35.7 Å². The number of nitrogens with zero attached hydrogens (tertiary/aromatic N) is 2. The summed E-state index contributed by atoms with van der Waals surface area (Å²) < 4.78 is 45.5. The summed E-state index contributed by atoms with van der Waals surface area (Å²) in [6, 6.07) is 14.3. The molecule has 1 atom stereocenters. The van der Waals surface area contributed by atoms with Gasteiger partial charge in [0.2, 0.25) is 10.0 Å². The number of thiazole rings is 1. The molecule has 0 radical (unpaired) electrons. The standard InChI is InChI=1S/C22H22FN3O4S2/c23-17-8-10-20(11-9-17)32(28,29)26-12-4-5-16(13-26)21(27)30-14-19-15-31-22(25-19)24-18-6-2-1-3-7-18/h1-3,6-11,15-16H,4-5,12-14H2,(H,24,25). The number of hydrogen-bond donors (Lipinski definition) is 1. The highest BCUT2D eigenvalue weighted by Gasteiger charge is 2.34. The topological polar surface area (TPSA) is 88.6 Å². The highest BCUT2D eigenvalue weighted by atomic mass is 32.2. The third kappa shape index (κ3) is 5.32. The van der Waals surface area contributed by atoms with E-state index in [2.05, 4.69) is 10.3 Å². The number of carbonyl (C=O) groups is 1. The number of esters is 1. The summed E-state index contributed by atoms with van der Waals surface area (Å²) in [6.45, 7) is 0.369. The first-order valence-corrected chi connectivity index (χ1v) is 12.4. The Morgan fingerprint density at radius 1 is 1.19 bits per heavy atom. The Hall–Kier alpha value is -2.82. The van der Waals surface area contributed by atoms with Gasteiger partial charge in [-0.15, -0.1) is 11.3 Å². The minimum absolute atomic E-state index is 0.00818. The van der Waals surface area contributed by atoms with Crippen molar-refractivity contribution in [2.24, 2.45) is 5.92 Å². The van der Waals surface area contributed by atoms with Crippen molar-refractivity contribution in [2.75, 3.05) is 18.4 Å². The Balaban J connectivity index is 1.33. The number of sulfonamides is 1. The number of aromatic nitrogens is 1. The molecule has 0 saturated carbocycles. The zero-order valence-electron chi connectivity index (χ0n) is 17.1. The molecule has 1 saturated heterocycles. The van der Waals surface area contributed by atoms with Crippen molar-refractivity contribution in [3.05, 3.63) is 71.5 Å². The molecule has 2 heterocycles. The first-order valence-electron chi connectivity index (χ1n) is 10.1. The summed E-state index contributed by atoms with van der Waals surface area (Å²) in [7, 11) is -3.80. The van der Waals surface area contributed by atoms with Crippen LogP contribution in [0.2, 0.25) is 0 Å². The Labute approximate surface area is 189 Å². The molecule has 0 spiro atoms. The molecule has 0 amide bonds. The van der Waals surface area contributed by atoms with E-state index < -0.39 is 27.7 Å². The molecule has 7 nitrogen and oxygen atoms in total. The highest BCUT2D eigenvalue weighted by Crippen LogP contribution is 2.26. The molecule has 1 aliphatic rings. The van der Waals surface area contributed by atoms with Crippen molar-refractivity contribution < 1.29 is 22.3 Å². The summed E-state index contributed by atoms with van der Waals surface area (Å²) in [5.74, 6) is -1.51. The second-order valence-corrected chi connectivity index (χ2v) is 10.2. The molecular formula is C22H22FN3O4S2. The van der Waals surface area contributed by atoms with E-state index >= 15 is 0 Å². The van der Waals surface area contributed by atoms with E-state index in [1.54, 1.807) is 0 Å². The number of para-hydroxylation sites is 1. The summed E-state index contributed by atoms with van der Waals surface area (Å²) in [5, 5.41) is 5.69. The van der Waals surface area contributed by atoms with Crippen molar-refractivity contribution in [2.45, 2.75) is 24.3 Å². The molecular weight excluding hydrogens is 453 g/mol. The fraction of sp³-hybridized carbons (Fsp3) is 0.273. The van der Waals surface area contributed by atoms with Crippen LogP contribution in [0.3, 0.4) is 0 Å². The fourth-order valence-electron chi connectivity index (χ4n) is 3.45. The van der Waals surface area contributed by atoms with Crippen molar-refractivity contribution in [1.29, 1.82) is 0 Å². The van der Waals surface area contributed by atoms with Crippen LogP contribution in [-0.4, -0.2) is 36.8 Å². The van der Waals surface area contributed by atoms with Gasteiger partial charge in [0.05, 0.1) is 16.5 Å². The molecule has 1 fully saturated rings. The number of rotatable bonds is 7. The molecule has 3 aromatic rings. The Morgan fingerprint density at radius 3 is 2.69 bits per heavy atom. The lowest BCUT2D eigenvalue weighted by molar-refractivity contribution is -0.151. The number of benzene rings is 2. The minimum atomic E-state index is -3.80. The van der Waals surface area contributed by atoms with Crippen molar-refractivity contribution in [3.63, 3.8) is 0 Å². The monoisotopic (exact) mass is 475 g/mol. The van der Waals surface area contributed by atoms with Crippen LogP contribution in [-0.2, 0) is 26.2 Å². The van der Waals surface area contributed by atoms with E-state index in [-0.39, 0.29) is 18.0 Å². The van der Waals surface area contributed by atoms with E-state index in [4.69, 9.17) is 4.74 Å². The van der Waals surface area contributed by atoms with E-state index in [0.717, 1.165) is 17.8 Å². The van der Waals surface area contributed by atoms with E-state index in [0.29, 0.717) is 30.2 Å². The average molecular weight is 476 g/mol. The van der Waals surface area contributed by atoms with Crippen molar-refractivity contribution >= 4 is 38.1 Å². The lowest BCUT2D eigenvalue weighted by Crippen LogP contribution is -2.42. The molecule has 1 N–H and O–H groups in total. The smallest absolute Gasteiger partial charge is 0.310 e. The predicted molar refractivity (Wildman–Crippen MR) is 120 cm³/mol. The second kappa shape index (κ2) is 9.76. The van der Waals surface area contributed by atoms with Gasteiger partial charge in [-0.1, -0.05) is 18.2 Å². The quantitative estimate of drug-likeness (QED) is 0.516. The van der Waals surface area contributed by atoms with Gasteiger partial charge in [-0.05, 0) is 49.2 Å². The number of ether oxygens (including phenoxy) is 1. The van der Waals surface area contributed by atoms with Crippen LogP contribution in [0.4, 0.5) is 15.2 Å². The second-order valence-electron chi connectivity index (χ2n) is 7.40. The lowest BCUT2D eigenvalue weighted by Gasteiger charge is -2.30. The zero-order chi connectivity index (χ0) is 22.6. The van der Waals surface area contributed by atoms with Crippen LogP contribution >= 0.6 is 11.3 Å². The van der Waals surface area contributed by atoms with Gasteiger partial charge in [-0.2, -0.15) is 4.31 Å². The van der Waals surface area contributed by atoms with Gasteiger partial charge in [0.25, 0.3) is 0 Å². The van der Waals surface area contributed by atoms with Gasteiger partial charge in [-0.25, -0.2) is 17.8 Å². The van der Waals surface area contributed by atoms with Crippen molar-refractivity contribution in [1.82, 2.24) is 9.29 Å². The third-order valence-electron chi connectivity index (χ3n) is 5.11. The molecule has 168 valence electrons. The maximum atomic E-state index is 13.1. The lowest BCUT2D eigenvalue weighted by atomic mass is 10.00. The van der Waals surface area contributed by atoms with Crippen molar-refractivity contribution in [3.8, 4) is 0 Å². The molecule has 10 heteroatoms. The summed E-state index contributed by atoms with van der Waals surface area (Å²) >= 11 is 1.41. The molecule has 1 aliphatic heterocycles. The number of carbonyl (C=O) groups excluding carboxylic acids is 1. The minimum Gasteiger partial charge on any atom is -0.459 e. The molecule has 4 rings (SSSR count). The first kappa shape index (κ1) is 22.4. The van der Waals surface area contributed by atoms with Crippen LogP contribution in [0, 0.1) is 11.7 Å². The Morgan fingerprint density at radius 2 is 1.94 bits per heavy atom. The normalized spacial score (nSPS) is 17.1. The first-order chi connectivity index (χ1) is 15.4. The van der Waals surface area contributed by atoms with Gasteiger partial charge < -0.3 is 10.1 Å². The van der Waals surface area contributed by atoms with Gasteiger partial charge in [0, 0.05) is 24.2 Å². The zero-order valence-corrected chi connectivity index (χ0v) is 18.7. The maximum absolute atomic E-state index is 13.1. The van der Waals surface area contributed by atoms with Crippen LogP contribution < -0.4 is 5.32 Å². The van der Waals surface area contributed by atoms with Crippen LogP contribution in [0.25, 0.3) is 0 Å². The number of anilines is 2. The maximum Gasteiger partial charge on any atom is 0.310 e. The molecule has 32 heavy (non-hydrogen) atoms. The molecule has 1 aromatic heterocycles. The Kier molecular flexibility index (Phi) is 6.83. The molecule has 0 bridgehead atoms. The largest absolute Gasteiger partial charge is 0.459 e. The van der Waals surface area contributed by atoms with E-state index in [1.165, 1.54) is 27.8 Å². The summed E-state index contributed by atoms with van der Waals surface area (Å²) in [4.78, 5) is 17.0. The van der Waals surface area contributed by atoms with Gasteiger partial charge in [-0.3, -0.25) is 4.79 Å². The van der Waals surface area contributed by atoms with Crippen LogP contribution in [0.15, 0.2) is 64.9 Å². The highest BCUT2D eigenvalue weighted by molar-refractivity contribution is 7.89. The molecule has 2 aromatic carbocycles. The fourth-order valence-corrected chi connectivity index (χ4v) is 5.69. The third-order valence-corrected chi connectivity index (χ3v) is 7.79. The van der Waals surface area contributed by atoms with E-state index in [9.17, 15) is 17.6 Å². The molecule has 1 unspecified atom stereocenters. The van der Waals surface area contributed by atoms with Gasteiger partial charge in [0.1, 0.15) is 12.4 Å². The predicted octanol–water partition coefficient (Wildman–Crippen LogP) is 4.17. The average Bonchev–Trinajstić information content (AvgIpc) is 3.26.